The normalized spacial score (nSPS) is 15.3. The van der Waals surface area contributed by atoms with Crippen molar-refractivity contribution in [3.8, 4) is 17.6 Å². The number of carbonyl (C=O) groups excluding carboxylic acids is 2. The summed E-state index contributed by atoms with van der Waals surface area (Å²) in [6.07, 6.45) is 3.36. The first-order chi connectivity index (χ1) is 17.4. The summed E-state index contributed by atoms with van der Waals surface area (Å²) < 4.78 is 8.39. The van der Waals surface area contributed by atoms with Gasteiger partial charge in [-0.2, -0.15) is 5.10 Å². The Balaban J connectivity index is 1.68. The maximum atomic E-state index is 13.5. The molecule has 1 fully saturated rings. The summed E-state index contributed by atoms with van der Waals surface area (Å²) in [6.45, 7) is 2.89. The molecular weight excluding hydrogens is 462 g/mol. The van der Waals surface area contributed by atoms with E-state index in [1.165, 1.54) is 13.2 Å². The van der Waals surface area contributed by atoms with Crippen LogP contribution in [0.4, 0.5) is 5.95 Å². The second-order valence-corrected chi connectivity index (χ2v) is 8.50. The summed E-state index contributed by atoms with van der Waals surface area (Å²) >= 11 is 0. The van der Waals surface area contributed by atoms with Crippen molar-refractivity contribution in [3.63, 3.8) is 0 Å². The van der Waals surface area contributed by atoms with Gasteiger partial charge in [-0.3, -0.25) is 19.0 Å². The summed E-state index contributed by atoms with van der Waals surface area (Å²) in [5.74, 6) is 6.06. The van der Waals surface area contributed by atoms with Crippen molar-refractivity contribution in [2.45, 2.75) is 38.9 Å². The van der Waals surface area contributed by atoms with Gasteiger partial charge in [-0.15, -0.1) is 5.92 Å². The van der Waals surface area contributed by atoms with E-state index >= 15 is 0 Å². The third-order valence-corrected chi connectivity index (χ3v) is 6.00. The lowest BCUT2D eigenvalue weighted by Crippen LogP contribution is -2.44. The van der Waals surface area contributed by atoms with Gasteiger partial charge in [0.05, 0.1) is 18.3 Å². The number of hydrogen-bond acceptors (Lipinski definition) is 8. The van der Waals surface area contributed by atoms with Crippen molar-refractivity contribution < 1.29 is 14.3 Å². The van der Waals surface area contributed by atoms with Gasteiger partial charge in [-0.25, -0.2) is 9.67 Å². The predicted molar refractivity (Wildman–Crippen MR) is 135 cm³/mol. The predicted octanol–water partition coefficient (Wildman–Crippen LogP) is 0.552. The van der Waals surface area contributed by atoms with E-state index in [0.717, 1.165) is 24.1 Å². The Hall–Kier alpha value is -4.17. The number of piperidine rings is 1. The van der Waals surface area contributed by atoms with Crippen LogP contribution in [0.25, 0.3) is 11.0 Å². The Morgan fingerprint density at radius 2 is 2.11 bits per heavy atom. The van der Waals surface area contributed by atoms with E-state index in [1.807, 2.05) is 0 Å². The number of benzene rings is 1. The van der Waals surface area contributed by atoms with E-state index < -0.39 is 5.56 Å². The van der Waals surface area contributed by atoms with Gasteiger partial charge in [0.25, 0.3) is 11.5 Å². The topological polar surface area (TPSA) is 137 Å². The van der Waals surface area contributed by atoms with E-state index in [9.17, 15) is 14.4 Å². The monoisotopic (exact) mass is 491 g/mol. The fraction of sp³-hybridized carbons (Fsp3) is 0.400. The Morgan fingerprint density at radius 3 is 2.86 bits per heavy atom. The van der Waals surface area contributed by atoms with Gasteiger partial charge in [0.2, 0.25) is 5.95 Å². The van der Waals surface area contributed by atoms with Crippen molar-refractivity contribution in [2.24, 2.45) is 5.73 Å². The highest BCUT2D eigenvalue weighted by Gasteiger charge is 2.25. The number of para-hydroxylation sites is 1. The molecule has 2 aromatic heterocycles. The number of anilines is 1. The highest BCUT2D eigenvalue weighted by molar-refractivity contribution is 5.98. The summed E-state index contributed by atoms with van der Waals surface area (Å²) in [5.41, 5.74) is 6.75. The molecular formula is C25H29N7O4. The summed E-state index contributed by atoms with van der Waals surface area (Å²) in [6, 6.07) is 6.61. The minimum absolute atomic E-state index is 0.0300. The van der Waals surface area contributed by atoms with Crippen molar-refractivity contribution in [2.75, 3.05) is 31.6 Å². The zero-order chi connectivity index (χ0) is 25.7. The average Bonchev–Trinajstić information content (AvgIpc) is 3.27. The Kier molecular flexibility index (Phi) is 7.65. The van der Waals surface area contributed by atoms with Gasteiger partial charge in [-0.1, -0.05) is 18.1 Å². The number of likely N-dealkylation sites (N-methyl/N-ethyl adjacent to an activating group) is 1. The van der Waals surface area contributed by atoms with E-state index in [2.05, 4.69) is 32.1 Å². The first-order valence-corrected chi connectivity index (χ1v) is 11.7. The average molecular weight is 492 g/mol. The Bertz CT molecular complexity index is 1400. The maximum absolute atomic E-state index is 13.5. The second kappa shape index (κ2) is 11.0. The molecule has 1 aliphatic rings. The van der Waals surface area contributed by atoms with Gasteiger partial charge in [0, 0.05) is 26.2 Å². The smallest absolute Gasteiger partial charge is 0.293 e. The van der Waals surface area contributed by atoms with Gasteiger partial charge < -0.3 is 20.7 Å². The quantitative estimate of drug-likeness (QED) is 0.344. The number of fused-ring (bicyclic) bond motifs is 1. The van der Waals surface area contributed by atoms with Gasteiger partial charge in [0.1, 0.15) is 23.3 Å². The molecule has 3 heterocycles. The van der Waals surface area contributed by atoms with Crippen LogP contribution in [0, 0.1) is 11.8 Å². The lowest BCUT2D eigenvalue weighted by atomic mass is 10.1. The van der Waals surface area contributed by atoms with Crippen molar-refractivity contribution >= 4 is 28.7 Å². The molecule has 1 aromatic carbocycles. The number of carbonyl (C=O) groups is 2. The SMILES string of the molecule is CC#CCn1c(N2CCCC(N)C2)nc2cnn(CC(=O)c3ccccc3OCC(=O)NC)c(=O)c21. The van der Waals surface area contributed by atoms with E-state index in [0.29, 0.717) is 23.5 Å². The molecule has 1 aliphatic heterocycles. The van der Waals surface area contributed by atoms with Crippen LogP contribution in [-0.2, 0) is 17.9 Å². The second-order valence-electron chi connectivity index (χ2n) is 8.50. The van der Waals surface area contributed by atoms with E-state index in [4.69, 9.17) is 10.5 Å². The zero-order valence-electron chi connectivity index (χ0n) is 20.4. The molecule has 1 atom stereocenters. The zero-order valence-corrected chi connectivity index (χ0v) is 20.4. The van der Waals surface area contributed by atoms with Gasteiger partial charge >= 0.3 is 0 Å². The molecule has 11 nitrogen and oxygen atoms in total. The van der Waals surface area contributed by atoms with Gasteiger partial charge in [0.15, 0.2) is 12.4 Å². The molecule has 0 spiro atoms. The molecule has 4 rings (SSSR count). The van der Waals surface area contributed by atoms with Gasteiger partial charge in [-0.05, 0) is 31.9 Å². The minimum atomic E-state index is -0.442. The highest BCUT2D eigenvalue weighted by atomic mass is 16.5. The Labute approximate surface area is 208 Å². The molecule has 3 N–H and O–H groups in total. The van der Waals surface area contributed by atoms with Crippen LogP contribution in [0.3, 0.4) is 0 Å². The van der Waals surface area contributed by atoms with Crippen molar-refractivity contribution in [1.29, 1.82) is 0 Å². The number of ether oxygens (including phenoxy) is 1. The molecule has 0 radical (unpaired) electrons. The summed E-state index contributed by atoms with van der Waals surface area (Å²) in [5, 5.41) is 6.67. The molecule has 0 saturated carbocycles. The number of imidazole rings is 1. The van der Waals surface area contributed by atoms with Crippen LogP contribution in [-0.4, -0.2) is 63.8 Å². The third kappa shape index (κ3) is 5.23. The van der Waals surface area contributed by atoms with Crippen LogP contribution in [0.5, 0.6) is 5.75 Å². The minimum Gasteiger partial charge on any atom is -0.483 e. The van der Waals surface area contributed by atoms with E-state index in [-0.39, 0.29) is 48.7 Å². The number of ketones is 1. The molecule has 11 heteroatoms. The van der Waals surface area contributed by atoms with Crippen molar-refractivity contribution in [1.82, 2.24) is 24.6 Å². The number of nitrogens with two attached hydrogens (primary N) is 1. The van der Waals surface area contributed by atoms with E-state index in [1.54, 1.807) is 35.8 Å². The number of aromatic nitrogens is 4. The molecule has 36 heavy (non-hydrogen) atoms. The Morgan fingerprint density at radius 1 is 1.31 bits per heavy atom. The van der Waals surface area contributed by atoms with Crippen LogP contribution >= 0.6 is 0 Å². The number of Topliss-reactive ketones (excluding diaryl/α,β-unsaturated/α-hetero) is 1. The number of nitrogens with zero attached hydrogens (tertiary/aromatic N) is 5. The number of hydrogen-bond donors (Lipinski definition) is 2. The number of rotatable bonds is 8. The first kappa shape index (κ1) is 24.9. The molecule has 1 unspecified atom stereocenters. The molecule has 1 amide bonds. The summed E-state index contributed by atoms with van der Waals surface area (Å²) in [4.78, 5) is 44.9. The van der Waals surface area contributed by atoms with Crippen molar-refractivity contribution in [3.05, 3.63) is 46.4 Å². The third-order valence-electron chi connectivity index (χ3n) is 6.00. The van der Waals surface area contributed by atoms with Crippen LogP contribution in [0.2, 0.25) is 0 Å². The molecule has 1 saturated heterocycles. The van der Waals surface area contributed by atoms with Crippen LogP contribution in [0.1, 0.15) is 30.1 Å². The molecule has 0 aliphatic carbocycles. The fourth-order valence-corrected chi connectivity index (χ4v) is 4.19. The molecule has 0 bridgehead atoms. The number of amides is 1. The summed E-state index contributed by atoms with van der Waals surface area (Å²) in [7, 11) is 1.50. The standard InChI is InChI=1S/C25H29N7O4/c1-3-4-12-31-23-19(29-25(31)30-11-7-8-17(26)14-30)13-28-32(24(23)35)15-20(33)18-9-5-6-10-21(18)36-16-22(34)27-2/h5-6,9-10,13,17H,7-8,11-12,14-16,26H2,1-2H3,(H,27,34). The number of nitrogens with one attached hydrogen (secondary N) is 1. The molecule has 188 valence electrons. The molecule has 3 aromatic rings. The largest absolute Gasteiger partial charge is 0.483 e. The highest BCUT2D eigenvalue weighted by Crippen LogP contribution is 2.23. The first-order valence-electron chi connectivity index (χ1n) is 11.7. The lowest BCUT2D eigenvalue weighted by Gasteiger charge is -2.31. The van der Waals surface area contributed by atoms with Crippen LogP contribution < -0.4 is 26.2 Å². The van der Waals surface area contributed by atoms with Crippen LogP contribution in [0.15, 0.2) is 35.3 Å². The maximum Gasteiger partial charge on any atom is 0.293 e. The lowest BCUT2D eigenvalue weighted by molar-refractivity contribution is -0.122. The fourth-order valence-electron chi connectivity index (χ4n) is 4.19.